The Kier molecular flexibility index (Phi) is 7.76. The highest BCUT2D eigenvalue weighted by molar-refractivity contribution is 7.92. The van der Waals surface area contributed by atoms with Gasteiger partial charge in [0.2, 0.25) is 16.6 Å². The summed E-state index contributed by atoms with van der Waals surface area (Å²) in [6.45, 7) is 0.503. The highest BCUT2D eigenvalue weighted by atomic mass is 32.2. The van der Waals surface area contributed by atoms with Gasteiger partial charge in [0, 0.05) is 31.0 Å². The number of carbonyl (C=O) groups excluding carboxylic acids is 1. The Morgan fingerprint density at radius 3 is 2.71 bits per heavy atom. The molecule has 1 aliphatic heterocycles. The molecule has 2 aromatic rings. The van der Waals surface area contributed by atoms with Gasteiger partial charge in [-0.25, -0.2) is 12.8 Å². The average Bonchev–Trinajstić information content (AvgIpc) is 2.84. The van der Waals surface area contributed by atoms with Gasteiger partial charge < -0.3 is 10.1 Å². The minimum absolute atomic E-state index is 0.0342. The highest BCUT2D eigenvalue weighted by Crippen LogP contribution is 2.33. The number of unbranched alkanes of at least 4 members (excludes halogenated alkanes) is 1. The molecule has 35 heavy (non-hydrogen) atoms. The number of nitrogens with one attached hydrogen (secondary N) is 1. The van der Waals surface area contributed by atoms with E-state index in [0.717, 1.165) is 29.5 Å². The quantitative estimate of drug-likeness (QED) is 0.218. The molecule has 1 N–H and O–H groups in total. The summed E-state index contributed by atoms with van der Waals surface area (Å²) in [5.41, 5.74) is 3.09. The van der Waals surface area contributed by atoms with Crippen molar-refractivity contribution in [3.8, 4) is 5.75 Å². The van der Waals surface area contributed by atoms with Crippen LogP contribution in [0.15, 0.2) is 72.5 Å². The molecule has 2 aromatic carbocycles. The second-order valence-corrected chi connectivity index (χ2v) is 11.2. The van der Waals surface area contributed by atoms with E-state index in [2.05, 4.69) is 18.1 Å². The summed E-state index contributed by atoms with van der Waals surface area (Å²) in [5, 5.41) is 0.412. The lowest BCUT2D eigenvalue weighted by atomic mass is 10.0. The Bertz CT molecular complexity index is 1290. The summed E-state index contributed by atoms with van der Waals surface area (Å²) in [5.74, 6) is 0.441. The van der Waals surface area contributed by atoms with E-state index in [0.29, 0.717) is 37.1 Å². The Morgan fingerprint density at radius 2 is 1.97 bits per heavy atom. The van der Waals surface area contributed by atoms with Gasteiger partial charge in [-0.3, -0.25) is 4.79 Å². The Morgan fingerprint density at radius 1 is 1.17 bits per heavy atom. The number of anilines is 1. The van der Waals surface area contributed by atoms with Crippen molar-refractivity contribution < 1.29 is 26.3 Å². The molecule has 9 heteroatoms. The molecule has 0 bridgehead atoms. The summed E-state index contributed by atoms with van der Waals surface area (Å²) in [6.07, 6.45) is 8.29. The molecule has 6 nitrogen and oxygen atoms in total. The lowest BCUT2D eigenvalue weighted by molar-refractivity contribution is -0.268. The van der Waals surface area contributed by atoms with Crippen molar-refractivity contribution in [2.24, 2.45) is 0 Å². The van der Waals surface area contributed by atoms with Crippen LogP contribution in [0.1, 0.15) is 36.8 Å². The third kappa shape index (κ3) is 6.21. The molecule has 0 radical (unpaired) electrons. The third-order valence-electron chi connectivity index (χ3n) is 5.97. The molecule has 0 fully saturated rings. The number of ether oxygens (including phenoxy) is 1. The lowest BCUT2D eigenvalue weighted by Crippen LogP contribution is -2.34. The van der Waals surface area contributed by atoms with Crippen LogP contribution in [0.3, 0.4) is 0 Å². The first kappa shape index (κ1) is 25.2. The Labute approximate surface area is 210 Å². The zero-order chi connectivity index (χ0) is 24.9. The number of allylic oxidation sites excluding steroid dienone is 2. The van der Waals surface area contributed by atoms with Gasteiger partial charge in [0.1, 0.15) is 18.6 Å². The first-order chi connectivity index (χ1) is 16.8. The molecule has 0 saturated heterocycles. The topological polar surface area (TPSA) is 75.5 Å². The first-order valence-corrected chi connectivity index (χ1v) is 13.5. The van der Waals surface area contributed by atoms with Gasteiger partial charge in [-0.2, -0.15) is 0 Å². The van der Waals surface area contributed by atoms with E-state index < -0.39 is 14.8 Å². The van der Waals surface area contributed by atoms with Crippen LogP contribution in [0.4, 0.5) is 10.1 Å². The summed E-state index contributed by atoms with van der Waals surface area (Å²) in [7, 11) is -4.03. The van der Waals surface area contributed by atoms with Crippen molar-refractivity contribution in [3.05, 3.63) is 83.6 Å². The molecule has 1 aliphatic carbocycles. The second-order valence-electron chi connectivity index (χ2n) is 8.58. The van der Waals surface area contributed by atoms with Gasteiger partial charge in [0.05, 0.1) is 12.4 Å². The van der Waals surface area contributed by atoms with Crippen molar-refractivity contribution in [3.63, 3.8) is 0 Å². The van der Waals surface area contributed by atoms with Gasteiger partial charge in [-0.05, 0) is 54.3 Å². The first-order valence-electron chi connectivity index (χ1n) is 11.5. The van der Waals surface area contributed by atoms with Crippen LogP contribution in [0.2, 0.25) is 0 Å². The molecule has 1 heterocycles. The van der Waals surface area contributed by atoms with Gasteiger partial charge in [0.15, 0.2) is 16.1 Å². The minimum Gasteiger partial charge on any atom is -0.494 e. The monoisotopic (exact) mass is 515 g/mol. The minimum atomic E-state index is -4.03. The number of benzene rings is 2. The van der Waals surface area contributed by atoms with Crippen LogP contribution in [0, 0.1) is 0 Å². The maximum Gasteiger partial charge on any atom is 0.233 e. The van der Waals surface area contributed by atoms with E-state index in [9.17, 15) is 13.2 Å². The number of carbonyl (C=O) groups is 1. The molecule has 4 rings (SSSR count). The second kappa shape index (κ2) is 10.8. The van der Waals surface area contributed by atoms with Gasteiger partial charge >= 0.3 is 0 Å². The van der Waals surface area contributed by atoms with Crippen LogP contribution in [-0.4, -0.2) is 36.1 Å². The van der Waals surface area contributed by atoms with E-state index in [1.165, 1.54) is 6.08 Å². The number of rotatable bonds is 9. The van der Waals surface area contributed by atoms with Crippen LogP contribution < -0.4 is 10.1 Å². The Hall–Kier alpha value is -2.91. The smallest absolute Gasteiger partial charge is 0.233 e. The SMILES string of the molecule is O=C1CCc2cc(OCCCC=[N+](S)C3=CCC(F)(S(=O)(=O)Cc4ccccc4)C=C3)ccc2N1. The lowest BCUT2D eigenvalue weighted by Gasteiger charge is -2.22. The number of hydrogen-bond donors (Lipinski definition) is 2. The molecule has 1 atom stereocenters. The average molecular weight is 516 g/mol. The molecular formula is C26H28FN2O4S2+. The molecule has 1 amide bonds. The molecule has 2 aliphatic rings. The maximum absolute atomic E-state index is 15.3. The number of aryl methyl sites for hydroxylation is 1. The Balaban J connectivity index is 1.26. The normalized spacial score (nSPS) is 20.1. The van der Waals surface area contributed by atoms with Gasteiger partial charge in [-0.1, -0.05) is 30.3 Å². The number of fused-ring (bicyclic) bond motifs is 1. The largest absolute Gasteiger partial charge is 0.494 e. The number of sulfone groups is 1. The van der Waals surface area contributed by atoms with Crippen molar-refractivity contribution >= 4 is 40.5 Å². The predicted octanol–water partition coefficient (Wildman–Crippen LogP) is 4.78. The van der Waals surface area contributed by atoms with Gasteiger partial charge in [0.25, 0.3) is 0 Å². The van der Waals surface area contributed by atoms with Crippen LogP contribution >= 0.6 is 12.8 Å². The van der Waals surface area contributed by atoms with E-state index in [1.54, 1.807) is 40.4 Å². The number of hydrogen-bond acceptors (Lipinski definition) is 5. The van der Waals surface area contributed by atoms with E-state index in [1.807, 2.05) is 24.4 Å². The molecule has 0 spiro atoms. The molecule has 0 saturated carbocycles. The number of nitrogens with zero attached hydrogens (tertiary/aromatic N) is 1. The van der Waals surface area contributed by atoms with Crippen LogP contribution in [0.5, 0.6) is 5.75 Å². The fraction of sp³-hybridized carbons (Fsp3) is 0.308. The van der Waals surface area contributed by atoms with Crippen LogP contribution in [-0.2, 0) is 26.8 Å². The van der Waals surface area contributed by atoms with Gasteiger partial charge in [-0.15, -0.1) is 3.98 Å². The fourth-order valence-corrected chi connectivity index (χ4v) is 5.69. The number of thiol groups is 1. The zero-order valence-corrected chi connectivity index (χ0v) is 20.9. The molecule has 184 valence electrons. The number of halogens is 1. The highest BCUT2D eigenvalue weighted by Gasteiger charge is 2.43. The van der Waals surface area contributed by atoms with Crippen molar-refractivity contribution in [1.29, 1.82) is 0 Å². The summed E-state index contributed by atoms with van der Waals surface area (Å²) in [4.78, 5) is 11.5. The summed E-state index contributed by atoms with van der Waals surface area (Å²) in [6, 6.07) is 14.3. The molecule has 0 aromatic heterocycles. The molecular weight excluding hydrogens is 487 g/mol. The zero-order valence-electron chi connectivity index (χ0n) is 19.2. The number of amides is 1. The van der Waals surface area contributed by atoms with Crippen molar-refractivity contribution in [2.45, 2.75) is 42.9 Å². The maximum atomic E-state index is 15.3. The van der Waals surface area contributed by atoms with E-state index >= 15 is 4.39 Å². The van der Waals surface area contributed by atoms with Crippen molar-refractivity contribution in [2.75, 3.05) is 11.9 Å². The van der Waals surface area contributed by atoms with E-state index in [-0.39, 0.29) is 18.1 Å². The third-order valence-corrected chi connectivity index (χ3v) is 8.41. The fourth-order valence-electron chi connectivity index (χ4n) is 3.95. The standard InChI is InChI=1S/C26H27FN2O4S2/c27-26(35(31,32)19-20-6-2-1-3-7-20)14-12-22(13-15-26)29(34)16-4-5-17-33-23-9-10-24-21(18-23)8-11-25(30)28-24/h1-3,6-7,9-10,12-14,16,18H,4-5,8,11,15,17,19H2,(H-,28,30,34)/p+1. The summed E-state index contributed by atoms with van der Waals surface area (Å²) < 4.78 is 48.0. The van der Waals surface area contributed by atoms with E-state index in [4.69, 9.17) is 4.74 Å². The van der Waals surface area contributed by atoms with Crippen LogP contribution in [0.25, 0.3) is 0 Å². The van der Waals surface area contributed by atoms with Crippen molar-refractivity contribution in [1.82, 2.24) is 0 Å². The molecule has 1 unspecified atom stereocenters. The predicted molar refractivity (Wildman–Crippen MR) is 138 cm³/mol. The number of alkyl halides is 1. The summed E-state index contributed by atoms with van der Waals surface area (Å²) >= 11 is 4.43.